The van der Waals surface area contributed by atoms with Crippen molar-refractivity contribution in [3.63, 3.8) is 0 Å². The Hall–Kier alpha value is -3.72. The molecule has 220 valence electrons. The third-order valence-corrected chi connectivity index (χ3v) is 9.67. The van der Waals surface area contributed by atoms with E-state index in [1.54, 1.807) is 0 Å². The Kier molecular flexibility index (Phi) is 7.22. The molecule has 0 radical (unpaired) electrons. The summed E-state index contributed by atoms with van der Waals surface area (Å²) in [6.07, 6.45) is 8.78. The monoisotopic (exact) mass is 569 g/mol. The number of fused-ring (bicyclic) bond motifs is 1. The van der Waals surface area contributed by atoms with Crippen molar-refractivity contribution in [1.82, 2.24) is 19.8 Å². The van der Waals surface area contributed by atoms with Crippen molar-refractivity contribution in [2.45, 2.75) is 63.1 Å². The summed E-state index contributed by atoms with van der Waals surface area (Å²) in [6, 6.07) is 15.8. The van der Waals surface area contributed by atoms with E-state index in [1.165, 1.54) is 18.9 Å². The van der Waals surface area contributed by atoms with Gasteiger partial charge in [0.05, 0.1) is 5.69 Å². The highest BCUT2D eigenvalue weighted by Crippen LogP contribution is 2.47. The number of aromatic nitrogens is 2. The number of hydrogen-bond acceptors (Lipinski definition) is 7. The molecule has 3 fully saturated rings. The second-order valence-electron chi connectivity index (χ2n) is 12.5. The molecule has 4 aliphatic rings. The SMILES string of the molecule is CN1CCN(c2ccc(Nc3ncc4c(n3)N(C3CCCC3)C3(CCCN(Cc5ccccc5)C3=O)C4)cc2F)CC1. The van der Waals surface area contributed by atoms with Gasteiger partial charge in [0.2, 0.25) is 11.9 Å². The van der Waals surface area contributed by atoms with E-state index in [0.717, 1.165) is 75.4 Å². The Labute approximate surface area is 247 Å². The van der Waals surface area contributed by atoms with Crippen LogP contribution in [0.25, 0.3) is 0 Å². The first-order chi connectivity index (χ1) is 20.5. The van der Waals surface area contributed by atoms with E-state index in [2.05, 4.69) is 44.2 Å². The highest BCUT2D eigenvalue weighted by Gasteiger charge is 2.55. The Bertz CT molecular complexity index is 1440. The summed E-state index contributed by atoms with van der Waals surface area (Å²) in [4.78, 5) is 32.8. The van der Waals surface area contributed by atoms with Crippen LogP contribution in [0, 0.1) is 5.82 Å². The zero-order valence-electron chi connectivity index (χ0n) is 24.4. The number of amides is 1. The van der Waals surface area contributed by atoms with Crippen molar-refractivity contribution in [2.75, 3.05) is 54.9 Å². The minimum absolute atomic E-state index is 0.207. The number of rotatable bonds is 6. The number of piperidine rings is 1. The minimum Gasteiger partial charge on any atom is -0.367 e. The molecule has 1 aliphatic carbocycles. The number of likely N-dealkylation sites (N-methyl/N-ethyl adjacent to an activating group) is 1. The van der Waals surface area contributed by atoms with E-state index in [4.69, 9.17) is 4.98 Å². The molecule has 4 heterocycles. The molecule has 42 heavy (non-hydrogen) atoms. The minimum atomic E-state index is -0.617. The van der Waals surface area contributed by atoms with Gasteiger partial charge in [0.1, 0.15) is 17.2 Å². The summed E-state index contributed by atoms with van der Waals surface area (Å²) in [7, 11) is 2.10. The highest BCUT2D eigenvalue weighted by molar-refractivity contribution is 5.93. The van der Waals surface area contributed by atoms with Gasteiger partial charge in [-0.15, -0.1) is 0 Å². The Morgan fingerprint density at radius 3 is 2.55 bits per heavy atom. The number of nitrogens with one attached hydrogen (secondary N) is 1. The van der Waals surface area contributed by atoms with Gasteiger partial charge < -0.3 is 24.9 Å². The van der Waals surface area contributed by atoms with Crippen LogP contribution in [0.3, 0.4) is 0 Å². The second-order valence-corrected chi connectivity index (χ2v) is 12.5. The fraction of sp³-hybridized carbons (Fsp3) is 0.485. The van der Waals surface area contributed by atoms with Crippen molar-refractivity contribution in [2.24, 2.45) is 0 Å². The van der Waals surface area contributed by atoms with Crippen LogP contribution in [0.1, 0.15) is 49.7 Å². The molecule has 2 saturated heterocycles. The molecule has 1 amide bonds. The maximum atomic E-state index is 15.2. The molecule has 1 N–H and O–H groups in total. The fourth-order valence-corrected chi connectivity index (χ4v) is 7.50. The van der Waals surface area contributed by atoms with Gasteiger partial charge >= 0.3 is 0 Å². The average molecular weight is 570 g/mol. The maximum Gasteiger partial charge on any atom is 0.249 e. The predicted molar refractivity (Wildman–Crippen MR) is 164 cm³/mol. The molecule has 1 saturated carbocycles. The van der Waals surface area contributed by atoms with Gasteiger partial charge in [0.25, 0.3) is 0 Å². The molecule has 2 aromatic carbocycles. The van der Waals surface area contributed by atoms with Crippen LogP contribution in [-0.2, 0) is 17.8 Å². The van der Waals surface area contributed by atoms with Crippen LogP contribution in [0.4, 0.5) is 27.5 Å². The van der Waals surface area contributed by atoms with Crippen LogP contribution in [0.15, 0.2) is 54.7 Å². The molecular weight excluding hydrogens is 529 g/mol. The third-order valence-electron chi connectivity index (χ3n) is 9.67. The number of piperazine rings is 1. The van der Waals surface area contributed by atoms with Crippen molar-refractivity contribution in [3.8, 4) is 0 Å². The standard InChI is InChI=1S/C33H40FN7O/c1-38-16-18-39(19-17-38)29-13-12-26(20-28(29)34)36-32-35-22-25-21-33(41(30(25)37-32)27-10-5-6-11-27)14-7-15-40(31(33)42)23-24-8-3-2-4-9-24/h2-4,8-9,12-13,20,22,27H,5-7,10-11,14-19,21,23H2,1H3,(H,35,36,37). The van der Waals surface area contributed by atoms with Gasteiger partial charge in [-0.25, -0.2) is 9.37 Å². The van der Waals surface area contributed by atoms with Crippen molar-refractivity contribution in [3.05, 3.63) is 71.7 Å². The number of anilines is 4. The lowest BCUT2D eigenvalue weighted by Gasteiger charge is -2.47. The lowest BCUT2D eigenvalue weighted by molar-refractivity contribution is -0.141. The van der Waals surface area contributed by atoms with Crippen molar-refractivity contribution < 1.29 is 9.18 Å². The summed E-state index contributed by atoms with van der Waals surface area (Å²) >= 11 is 0. The Morgan fingerprint density at radius 1 is 1.00 bits per heavy atom. The van der Waals surface area contributed by atoms with E-state index < -0.39 is 5.54 Å². The predicted octanol–water partition coefficient (Wildman–Crippen LogP) is 4.98. The molecule has 7 rings (SSSR count). The maximum absolute atomic E-state index is 15.2. The van der Waals surface area contributed by atoms with Gasteiger partial charge in [-0.3, -0.25) is 4.79 Å². The van der Waals surface area contributed by atoms with Crippen molar-refractivity contribution in [1.29, 1.82) is 0 Å². The lowest BCUT2D eigenvalue weighted by atomic mass is 9.83. The van der Waals surface area contributed by atoms with E-state index in [9.17, 15) is 4.79 Å². The molecule has 1 aromatic heterocycles. The largest absolute Gasteiger partial charge is 0.367 e. The smallest absolute Gasteiger partial charge is 0.249 e. The Balaban J connectivity index is 1.15. The first-order valence-corrected chi connectivity index (χ1v) is 15.5. The van der Waals surface area contributed by atoms with Gasteiger partial charge in [-0.05, 0) is 56.5 Å². The number of likely N-dealkylation sites (tertiary alicyclic amines) is 1. The van der Waals surface area contributed by atoms with E-state index in [0.29, 0.717) is 30.3 Å². The number of carbonyl (C=O) groups excluding carboxylic acids is 1. The zero-order valence-corrected chi connectivity index (χ0v) is 24.4. The molecule has 1 spiro atoms. The molecule has 0 bridgehead atoms. The molecule has 1 unspecified atom stereocenters. The summed E-state index contributed by atoms with van der Waals surface area (Å²) in [6.45, 7) is 4.88. The van der Waals surface area contributed by atoms with Gasteiger partial charge in [-0.1, -0.05) is 43.2 Å². The average Bonchev–Trinajstić information content (AvgIpc) is 3.63. The molecule has 8 nitrogen and oxygen atoms in total. The first kappa shape index (κ1) is 27.1. The van der Waals surface area contributed by atoms with Crippen LogP contribution >= 0.6 is 0 Å². The number of carbonyl (C=O) groups is 1. The summed E-state index contributed by atoms with van der Waals surface area (Å²) < 4.78 is 15.2. The van der Waals surface area contributed by atoms with E-state index in [1.807, 2.05) is 41.4 Å². The van der Waals surface area contributed by atoms with Gasteiger partial charge in [-0.2, -0.15) is 4.98 Å². The summed E-state index contributed by atoms with van der Waals surface area (Å²) in [5.41, 5.74) is 2.82. The highest BCUT2D eigenvalue weighted by atomic mass is 19.1. The molecule has 3 aliphatic heterocycles. The van der Waals surface area contributed by atoms with Crippen molar-refractivity contribution >= 4 is 29.0 Å². The number of hydrogen-bond donors (Lipinski definition) is 1. The second kappa shape index (κ2) is 11.2. The summed E-state index contributed by atoms with van der Waals surface area (Å²) in [5.74, 6) is 1.26. The van der Waals surface area contributed by atoms with Crippen LogP contribution in [-0.4, -0.2) is 77.0 Å². The fourth-order valence-electron chi connectivity index (χ4n) is 7.50. The molecular formula is C33H40FN7O. The lowest BCUT2D eigenvalue weighted by Crippen LogP contribution is -2.63. The van der Waals surface area contributed by atoms with Gasteiger partial charge in [0.15, 0.2) is 0 Å². The molecule has 1 atom stereocenters. The quantitative estimate of drug-likeness (QED) is 0.449. The number of nitrogens with zero attached hydrogens (tertiary/aromatic N) is 6. The molecule has 9 heteroatoms. The van der Waals surface area contributed by atoms with Crippen LogP contribution < -0.4 is 15.1 Å². The number of benzene rings is 2. The van der Waals surface area contributed by atoms with Crippen LogP contribution in [0.5, 0.6) is 0 Å². The third kappa shape index (κ3) is 4.97. The topological polar surface area (TPSA) is 67.8 Å². The van der Waals surface area contributed by atoms with E-state index in [-0.39, 0.29) is 17.8 Å². The van der Waals surface area contributed by atoms with E-state index >= 15 is 4.39 Å². The number of halogens is 1. The van der Waals surface area contributed by atoms with Crippen LogP contribution in [0.2, 0.25) is 0 Å². The Morgan fingerprint density at radius 2 is 1.79 bits per heavy atom. The summed E-state index contributed by atoms with van der Waals surface area (Å²) in [5, 5.41) is 3.26. The normalized spacial score (nSPS) is 23.2. The first-order valence-electron chi connectivity index (χ1n) is 15.5. The van der Waals surface area contributed by atoms with Gasteiger partial charge in [0, 0.05) is 69.2 Å². The molecule has 3 aromatic rings. The zero-order chi connectivity index (χ0) is 28.7.